The second-order valence-corrected chi connectivity index (χ2v) is 5.87. The van der Waals surface area contributed by atoms with Gasteiger partial charge in [0, 0.05) is 25.8 Å². The van der Waals surface area contributed by atoms with E-state index in [0.717, 1.165) is 50.2 Å². The predicted molar refractivity (Wildman–Crippen MR) is 75.7 cm³/mol. The van der Waals surface area contributed by atoms with Crippen molar-refractivity contribution in [2.75, 3.05) is 32.7 Å². The van der Waals surface area contributed by atoms with Crippen molar-refractivity contribution in [3.05, 3.63) is 34.9 Å². The maximum absolute atomic E-state index is 12.2. The number of pyridine rings is 1. The van der Waals surface area contributed by atoms with Crippen LogP contribution in [0, 0.1) is 11.8 Å². The fourth-order valence-corrected chi connectivity index (χ4v) is 3.49. The van der Waals surface area contributed by atoms with Crippen molar-refractivity contribution >= 4 is 5.65 Å². The average Bonchev–Trinajstić information content (AvgIpc) is 3.11. The lowest BCUT2D eigenvalue weighted by Crippen LogP contribution is -2.32. The van der Waals surface area contributed by atoms with Gasteiger partial charge in [-0.25, -0.2) is 9.48 Å². The molecule has 2 aromatic heterocycles. The summed E-state index contributed by atoms with van der Waals surface area (Å²) in [6, 6.07) is 5.62. The van der Waals surface area contributed by atoms with E-state index < -0.39 is 0 Å². The monoisotopic (exact) mass is 273 g/mol. The number of hydrogen-bond acceptors (Lipinski definition) is 4. The molecule has 0 aliphatic carbocycles. The van der Waals surface area contributed by atoms with Crippen molar-refractivity contribution in [1.82, 2.24) is 24.4 Å². The van der Waals surface area contributed by atoms with Crippen LogP contribution in [0.2, 0.25) is 0 Å². The molecule has 106 valence electrons. The Balaban J connectivity index is 1.46. The molecule has 2 fully saturated rings. The molecule has 0 amide bonds. The van der Waals surface area contributed by atoms with Crippen LogP contribution >= 0.6 is 0 Å². The quantitative estimate of drug-likeness (QED) is 0.830. The van der Waals surface area contributed by atoms with Gasteiger partial charge in [-0.05, 0) is 37.1 Å². The molecule has 2 atom stereocenters. The first-order valence-corrected chi connectivity index (χ1v) is 7.28. The smallest absolute Gasteiger partial charge is 0.316 e. The molecule has 6 heteroatoms. The lowest BCUT2D eigenvalue weighted by molar-refractivity contribution is 0.292. The summed E-state index contributed by atoms with van der Waals surface area (Å²) >= 11 is 0. The third-order valence-electron chi connectivity index (χ3n) is 4.58. The molecule has 2 aliphatic heterocycles. The summed E-state index contributed by atoms with van der Waals surface area (Å²) in [6.07, 6.45) is 1.77. The van der Waals surface area contributed by atoms with E-state index >= 15 is 0 Å². The van der Waals surface area contributed by atoms with Crippen molar-refractivity contribution in [2.45, 2.75) is 6.54 Å². The molecular weight excluding hydrogens is 254 g/mol. The molecule has 4 rings (SSSR count). The fourth-order valence-electron chi connectivity index (χ4n) is 3.49. The van der Waals surface area contributed by atoms with Crippen molar-refractivity contribution in [3.63, 3.8) is 0 Å². The summed E-state index contributed by atoms with van der Waals surface area (Å²) in [4.78, 5) is 14.6. The molecule has 2 aliphatic rings. The lowest BCUT2D eigenvalue weighted by Gasteiger charge is -2.16. The molecule has 20 heavy (non-hydrogen) atoms. The van der Waals surface area contributed by atoms with E-state index in [-0.39, 0.29) is 5.69 Å². The van der Waals surface area contributed by atoms with Crippen molar-refractivity contribution < 1.29 is 0 Å². The number of nitrogens with zero attached hydrogens (tertiary/aromatic N) is 4. The van der Waals surface area contributed by atoms with Crippen LogP contribution in [0.15, 0.2) is 29.2 Å². The van der Waals surface area contributed by atoms with Crippen LogP contribution in [-0.4, -0.2) is 51.8 Å². The highest BCUT2D eigenvalue weighted by Gasteiger charge is 2.35. The van der Waals surface area contributed by atoms with Crippen LogP contribution in [0.4, 0.5) is 0 Å². The molecule has 0 aromatic carbocycles. The lowest BCUT2D eigenvalue weighted by atomic mass is 10.0. The van der Waals surface area contributed by atoms with Crippen LogP contribution in [-0.2, 0) is 6.54 Å². The minimum Gasteiger partial charge on any atom is -0.316 e. The van der Waals surface area contributed by atoms with E-state index in [1.54, 1.807) is 15.3 Å². The summed E-state index contributed by atoms with van der Waals surface area (Å²) in [6.45, 7) is 6.19. The van der Waals surface area contributed by atoms with E-state index in [1.165, 1.54) is 0 Å². The molecule has 0 saturated carbocycles. The van der Waals surface area contributed by atoms with E-state index in [9.17, 15) is 4.79 Å². The van der Waals surface area contributed by atoms with Gasteiger partial charge in [0.05, 0.1) is 6.54 Å². The molecule has 2 saturated heterocycles. The Morgan fingerprint density at radius 3 is 2.75 bits per heavy atom. The van der Waals surface area contributed by atoms with E-state index in [1.807, 2.05) is 18.2 Å². The first kappa shape index (κ1) is 12.1. The van der Waals surface area contributed by atoms with Crippen molar-refractivity contribution in [3.8, 4) is 0 Å². The Morgan fingerprint density at radius 2 is 2.00 bits per heavy atom. The maximum atomic E-state index is 12.2. The average molecular weight is 273 g/mol. The predicted octanol–water partition coefficient (Wildman–Crippen LogP) is -0.353. The molecule has 0 unspecified atom stereocenters. The highest BCUT2D eigenvalue weighted by Crippen LogP contribution is 2.25. The first-order valence-electron chi connectivity index (χ1n) is 7.28. The van der Waals surface area contributed by atoms with E-state index in [0.29, 0.717) is 6.54 Å². The zero-order valence-corrected chi connectivity index (χ0v) is 11.4. The van der Waals surface area contributed by atoms with Crippen molar-refractivity contribution in [1.29, 1.82) is 0 Å². The molecule has 4 heterocycles. The highest BCUT2D eigenvalue weighted by atomic mass is 16.2. The number of nitrogens with one attached hydrogen (secondary N) is 1. The molecule has 0 radical (unpaired) electrons. The van der Waals surface area contributed by atoms with Gasteiger partial charge in [0.25, 0.3) is 0 Å². The first-order chi connectivity index (χ1) is 9.81. The van der Waals surface area contributed by atoms with Crippen molar-refractivity contribution in [2.24, 2.45) is 11.8 Å². The van der Waals surface area contributed by atoms with Gasteiger partial charge in [-0.15, -0.1) is 5.10 Å². The van der Waals surface area contributed by atoms with Gasteiger partial charge < -0.3 is 10.2 Å². The van der Waals surface area contributed by atoms with Crippen LogP contribution in [0.1, 0.15) is 0 Å². The Bertz CT molecular complexity index is 663. The van der Waals surface area contributed by atoms with Gasteiger partial charge >= 0.3 is 5.69 Å². The minimum absolute atomic E-state index is 0.0401. The zero-order chi connectivity index (χ0) is 13.5. The topological polar surface area (TPSA) is 54.6 Å². The van der Waals surface area contributed by atoms with Crippen LogP contribution in [0.5, 0.6) is 0 Å². The summed E-state index contributed by atoms with van der Waals surface area (Å²) < 4.78 is 3.18. The van der Waals surface area contributed by atoms with Gasteiger partial charge in [-0.1, -0.05) is 6.07 Å². The molecular formula is C14H19N5O. The Hall–Kier alpha value is -1.66. The van der Waals surface area contributed by atoms with Crippen LogP contribution < -0.4 is 11.0 Å². The third-order valence-corrected chi connectivity index (χ3v) is 4.58. The SMILES string of the molecule is O=c1n(CCN2C[C@H]3CNC[C@H]3C2)nc2ccccn12. The number of aromatic nitrogens is 3. The Labute approximate surface area is 117 Å². The normalized spacial score (nSPS) is 26.4. The summed E-state index contributed by atoms with van der Waals surface area (Å²) in [5.74, 6) is 1.60. The third kappa shape index (κ3) is 1.96. The maximum Gasteiger partial charge on any atom is 0.350 e. The highest BCUT2D eigenvalue weighted by molar-refractivity contribution is 5.35. The van der Waals surface area contributed by atoms with Gasteiger partial charge in [0.2, 0.25) is 0 Å². The van der Waals surface area contributed by atoms with Gasteiger partial charge in [-0.3, -0.25) is 4.40 Å². The number of fused-ring (bicyclic) bond motifs is 2. The van der Waals surface area contributed by atoms with Crippen LogP contribution in [0.3, 0.4) is 0 Å². The second-order valence-electron chi connectivity index (χ2n) is 5.87. The standard InChI is InChI=1S/C14H19N5O/c20-14-18-4-2-1-3-13(18)16-19(14)6-5-17-9-11-7-15-8-12(11)10-17/h1-4,11-12,15H,5-10H2/t11-,12+. The molecule has 0 spiro atoms. The second kappa shape index (κ2) is 4.71. The zero-order valence-electron chi connectivity index (χ0n) is 11.4. The van der Waals surface area contributed by atoms with E-state index in [2.05, 4.69) is 15.3 Å². The van der Waals surface area contributed by atoms with Crippen LogP contribution in [0.25, 0.3) is 5.65 Å². The number of hydrogen-bond donors (Lipinski definition) is 1. The Morgan fingerprint density at radius 1 is 1.20 bits per heavy atom. The fraction of sp³-hybridized carbons (Fsp3) is 0.571. The summed E-state index contributed by atoms with van der Waals surface area (Å²) in [5, 5.41) is 7.82. The minimum atomic E-state index is -0.0401. The number of rotatable bonds is 3. The molecule has 2 aromatic rings. The summed E-state index contributed by atoms with van der Waals surface area (Å²) in [7, 11) is 0. The largest absolute Gasteiger partial charge is 0.350 e. The molecule has 6 nitrogen and oxygen atoms in total. The Kier molecular flexibility index (Phi) is 2.85. The summed E-state index contributed by atoms with van der Waals surface area (Å²) in [5.41, 5.74) is 0.682. The molecule has 1 N–H and O–H groups in total. The van der Waals surface area contributed by atoms with Gasteiger partial charge in [0.15, 0.2) is 5.65 Å². The molecule has 0 bridgehead atoms. The van der Waals surface area contributed by atoms with Gasteiger partial charge in [0.1, 0.15) is 0 Å². The van der Waals surface area contributed by atoms with E-state index in [4.69, 9.17) is 0 Å². The van der Waals surface area contributed by atoms with Gasteiger partial charge in [-0.2, -0.15) is 0 Å². The number of likely N-dealkylation sites (tertiary alicyclic amines) is 1.